The van der Waals surface area contributed by atoms with Crippen molar-refractivity contribution >= 4 is 5.91 Å². The summed E-state index contributed by atoms with van der Waals surface area (Å²) in [6.07, 6.45) is 8.85. The highest BCUT2D eigenvalue weighted by Crippen LogP contribution is 2.40. The van der Waals surface area contributed by atoms with Gasteiger partial charge in [-0.25, -0.2) is 0 Å². The third-order valence-corrected chi connectivity index (χ3v) is 6.28. The van der Waals surface area contributed by atoms with Gasteiger partial charge in [-0.3, -0.25) is 14.7 Å². The highest BCUT2D eigenvalue weighted by atomic mass is 16.2. The van der Waals surface area contributed by atoms with Crippen molar-refractivity contribution in [1.29, 1.82) is 0 Å². The Hall–Kier alpha value is -2.20. The Labute approximate surface area is 162 Å². The molecule has 0 aliphatic carbocycles. The molecule has 1 aromatic heterocycles. The molecule has 1 aromatic carbocycles. The largest absolute Gasteiger partial charge is 0.333 e. The fourth-order valence-corrected chi connectivity index (χ4v) is 4.67. The maximum atomic E-state index is 12.7. The fraction of sp³-hybridized carbons (Fsp3) is 0.478. The molecule has 4 heteroatoms. The van der Waals surface area contributed by atoms with Crippen LogP contribution in [0.2, 0.25) is 0 Å². The van der Waals surface area contributed by atoms with Gasteiger partial charge in [0, 0.05) is 44.0 Å². The molecule has 1 unspecified atom stereocenters. The summed E-state index contributed by atoms with van der Waals surface area (Å²) in [4.78, 5) is 21.7. The average Bonchev–Trinajstić information content (AvgIpc) is 2.85. The third-order valence-electron chi connectivity index (χ3n) is 6.28. The lowest BCUT2D eigenvalue weighted by atomic mass is 9.87. The molecular weight excluding hydrogens is 334 g/mol. The first-order valence-electron chi connectivity index (χ1n) is 10.1. The number of hydrogen-bond acceptors (Lipinski definition) is 3. The molecule has 0 N–H and O–H groups in total. The molecule has 0 radical (unpaired) electrons. The van der Waals surface area contributed by atoms with E-state index in [4.69, 9.17) is 0 Å². The number of hydrogen-bond donors (Lipinski definition) is 0. The predicted octanol–water partition coefficient (Wildman–Crippen LogP) is 3.94. The quantitative estimate of drug-likeness (QED) is 0.826. The Balaban J connectivity index is 1.46. The Bertz CT molecular complexity index is 774. The molecule has 2 saturated heterocycles. The molecule has 0 bridgehead atoms. The summed E-state index contributed by atoms with van der Waals surface area (Å²) in [5, 5.41) is 0. The van der Waals surface area contributed by atoms with Crippen molar-refractivity contribution in [3.63, 3.8) is 0 Å². The molecule has 1 atom stereocenters. The Morgan fingerprint density at radius 1 is 1.00 bits per heavy atom. The molecule has 4 nitrogen and oxygen atoms in total. The van der Waals surface area contributed by atoms with Crippen LogP contribution in [0, 0.1) is 6.92 Å². The number of likely N-dealkylation sites (tertiary alicyclic amines) is 2. The third kappa shape index (κ3) is 4.06. The van der Waals surface area contributed by atoms with Crippen LogP contribution in [0.4, 0.5) is 0 Å². The van der Waals surface area contributed by atoms with E-state index in [0.717, 1.165) is 51.9 Å². The van der Waals surface area contributed by atoms with Gasteiger partial charge < -0.3 is 4.90 Å². The predicted molar refractivity (Wildman–Crippen MR) is 107 cm³/mol. The molecule has 3 heterocycles. The average molecular weight is 364 g/mol. The van der Waals surface area contributed by atoms with Gasteiger partial charge in [-0.2, -0.15) is 0 Å². The van der Waals surface area contributed by atoms with E-state index >= 15 is 0 Å². The van der Waals surface area contributed by atoms with E-state index in [2.05, 4.69) is 52.0 Å². The van der Waals surface area contributed by atoms with Crippen LogP contribution >= 0.6 is 0 Å². The molecular formula is C23H29N3O. The zero-order valence-electron chi connectivity index (χ0n) is 16.2. The van der Waals surface area contributed by atoms with E-state index in [1.54, 1.807) is 0 Å². The van der Waals surface area contributed by atoms with Crippen LogP contribution in [0.5, 0.6) is 0 Å². The van der Waals surface area contributed by atoms with Gasteiger partial charge in [-0.1, -0.05) is 35.9 Å². The molecule has 1 amide bonds. The molecule has 2 fully saturated rings. The summed E-state index contributed by atoms with van der Waals surface area (Å²) in [6, 6.07) is 12.8. The van der Waals surface area contributed by atoms with Crippen molar-refractivity contribution in [3.05, 3.63) is 65.5 Å². The second-order valence-corrected chi connectivity index (χ2v) is 8.18. The molecule has 2 aliphatic heterocycles. The normalized spacial score (nSPS) is 23.7. The van der Waals surface area contributed by atoms with Crippen LogP contribution < -0.4 is 0 Å². The summed E-state index contributed by atoms with van der Waals surface area (Å²) in [7, 11) is 0. The number of pyridine rings is 1. The van der Waals surface area contributed by atoms with E-state index in [-0.39, 0.29) is 5.54 Å². The first kappa shape index (κ1) is 18.2. The van der Waals surface area contributed by atoms with E-state index in [1.165, 1.54) is 16.7 Å². The number of rotatable bonds is 4. The van der Waals surface area contributed by atoms with Gasteiger partial charge in [0.15, 0.2) is 0 Å². The van der Waals surface area contributed by atoms with Gasteiger partial charge in [0.1, 0.15) is 0 Å². The minimum Gasteiger partial charge on any atom is -0.333 e. The van der Waals surface area contributed by atoms with Crippen molar-refractivity contribution in [2.24, 2.45) is 0 Å². The Kier molecular flexibility index (Phi) is 5.26. The monoisotopic (exact) mass is 363 g/mol. The summed E-state index contributed by atoms with van der Waals surface area (Å²) >= 11 is 0. The second kappa shape index (κ2) is 7.81. The maximum Gasteiger partial charge on any atom is 0.223 e. The van der Waals surface area contributed by atoms with Gasteiger partial charge >= 0.3 is 0 Å². The van der Waals surface area contributed by atoms with Crippen LogP contribution in [-0.4, -0.2) is 39.3 Å². The molecule has 142 valence electrons. The van der Waals surface area contributed by atoms with E-state index < -0.39 is 0 Å². The fourth-order valence-electron chi connectivity index (χ4n) is 4.67. The summed E-state index contributed by atoms with van der Waals surface area (Å²) in [5.41, 5.74) is 3.83. The Morgan fingerprint density at radius 2 is 1.85 bits per heavy atom. The first-order chi connectivity index (χ1) is 13.1. The SMILES string of the molecule is Cc1ccc(CN2C(=O)CCC23CCCN(Cc2cccnc2)CC3)cc1. The number of carbonyl (C=O) groups is 1. The number of aromatic nitrogens is 1. The summed E-state index contributed by atoms with van der Waals surface area (Å²) in [6.45, 7) is 5.96. The van der Waals surface area contributed by atoms with Crippen LogP contribution in [0.15, 0.2) is 48.8 Å². The number of nitrogens with zero attached hydrogens (tertiary/aromatic N) is 3. The molecule has 4 rings (SSSR count). The smallest absolute Gasteiger partial charge is 0.223 e. The van der Waals surface area contributed by atoms with E-state index in [1.807, 2.05) is 18.5 Å². The number of amides is 1. The molecule has 0 saturated carbocycles. The van der Waals surface area contributed by atoms with Crippen molar-refractivity contribution in [1.82, 2.24) is 14.8 Å². The van der Waals surface area contributed by atoms with E-state index in [9.17, 15) is 4.79 Å². The van der Waals surface area contributed by atoms with Gasteiger partial charge in [-0.15, -0.1) is 0 Å². The van der Waals surface area contributed by atoms with Gasteiger partial charge in [-0.05, 0) is 56.3 Å². The lowest BCUT2D eigenvalue weighted by Crippen LogP contribution is -2.45. The minimum absolute atomic E-state index is 0.0473. The summed E-state index contributed by atoms with van der Waals surface area (Å²) in [5.74, 6) is 0.330. The molecule has 2 aliphatic rings. The van der Waals surface area contributed by atoms with Crippen molar-refractivity contribution in [2.75, 3.05) is 13.1 Å². The van der Waals surface area contributed by atoms with Gasteiger partial charge in [0.25, 0.3) is 0 Å². The van der Waals surface area contributed by atoms with E-state index in [0.29, 0.717) is 12.3 Å². The van der Waals surface area contributed by atoms with Crippen LogP contribution in [0.1, 0.15) is 48.8 Å². The summed E-state index contributed by atoms with van der Waals surface area (Å²) < 4.78 is 0. The number of aryl methyl sites for hydroxylation is 1. The standard InChI is InChI=1S/C23H29N3O/c1-19-5-7-20(8-6-19)18-26-22(27)9-11-23(26)10-3-14-25(15-12-23)17-21-4-2-13-24-16-21/h2,4-8,13,16H,3,9-12,14-15,17-18H2,1H3. The molecule has 2 aromatic rings. The van der Waals surface area contributed by atoms with Crippen molar-refractivity contribution < 1.29 is 4.79 Å². The number of carbonyl (C=O) groups excluding carboxylic acids is 1. The van der Waals surface area contributed by atoms with Crippen LogP contribution in [0.25, 0.3) is 0 Å². The molecule has 27 heavy (non-hydrogen) atoms. The highest BCUT2D eigenvalue weighted by molar-refractivity contribution is 5.79. The van der Waals surface area contributed by atoms with Crippen molar-refractivity contribution in [3.8, 4) is 0 Å². The van der Waals surface area contributed by atoms with Crippen LogP contribution in [0.3, 0.4) is 0 Å². The topological polar surface area (TPSA) is 36.4 Å². The van der Waals surface area contributed by atoms with Gasteiger partial charge in [0.05, 0.1) is 0 Å². The second-order valence-electron chi connectivity index (χ2n) is 8.18. The lowest BCUT2D eigenvalue weighted by molar-refractivity contribution is -0.132. The highest BCUT2D eigenvalue weighted by Gasteiger charge is 2.45. The zero-order chi connectivity index (χ0) is 18.7. The van der Waals surface area contributed by atoms with Gasteiger partial charge in [0.2, 0.25) is 5.91 Å². The van der Waals surface area contributed by atoms with Crippen LogP contribution in [-0.2, 0) is 17.9 Å². The minimum atomic E-state index is 0.0473. The zero-order valence-corrected chi connectivity index (χ0v) is 16.2. The first-order valence-corrected chi connectivity index (χ1v) is 10.1. The number of benzene rings is 1. The lowest BCUT2D eigenvalue weighted by Gasteiger charge is -2.38. The molecule has 1 spiro atoms. The maximum absolute atomic E-state index is 12.7. The van der Waals surface area contributed by atoms with Crippen molar-refractivity contribution in [2.45, 2.75) is 57.7 Å². The Morgan fingerprint density at radius 3 is 2.63 bits per heavy atom.